The first-order valence-corrected chi connectivity index (χ1v) is 12.4. The highest BCUT2D eigenvalue weighted by Crippen LogP contribution is 2.08. The third-order valence-corrected chi connectivity index (χ3v) is 5.88. The van der Waals surface area contributed by atoms with Gasteiger partial charge in [0.1, 0.15) is 18.1 Å². The number of aliphatic carboxylic acids is 1. The van der Waals surface area contributed by atoms with Crippen LogP contribution in [0.2, 0.25) is 0 Å². The van der Waals surface area contributed by atoms with Crippen molar-refractivity contribution in [1.82, 2.24) is 21.3 Å². The van der Waals surface area contributed by atoms with Gasteiger partial charge >= 0.3 is 5.97 Å². The molecule has 1 saturated heterocycles. The summed E-state index contributed by atoms with van der Waals surface area (Å²) in [5.74, 6) is -1.05. The number of carbonyl (C=O) groups excluding carboxylic acids is 3. The number of thioether (sulfide) groups is 2. The Morgan fingerprint density at radius 2 is 1.55 bits per heavy atom. The minimum atomic E-state index is -1.15. The van der Waals surface area contributed by atoms with Crippen molar-refractivity contribution in [2.45, 2.75) is 56.8 Å². The molecular weight excluding hydrogens is 416 g/mol. The SMILES string of the molecule is CSCCC(NC(=O)C(CCSC)NC(=O)C1CCCN1)C(=O)NC(C)C(=O)O. The summed E-state index contributed by atoms with van der Waals surface area (Å²) in [6, 6.07) is -2.97. The summed E-state index contributed by atoms with van der Waals surface area (Å²) in [6.45, 7) is 2.14. The van der Waals surface area contributed by atoms with Crippen molar-refractivity contribution in [2.24, 2.45) is 0 Å². The minimum absolute atomic E-state index is 0.214. The molecule has 0 spiro atoms. The van der Waals surface area contributed by atoms with Gasteiger partial charge in [0.2, 0.25) is 17.7 Å². The van der Waals surface area contributed by atoms with Gasteiger partial charge in [-0.2, -0.15) is 23.5 Å². The van der Waals surface area contributed by atoms with Gasteiger partial charge in [-0.3, -0.25) is 19.2 Å². The summed E-state index contributed by atoms with van der Waals surface area (Å²) in [4.78, 5) is 48.7. The van der Waals surface area contributed by atoms with E-state index in [1.54, 1.807) is 11.8 Å². The third-order valence-electron chi connectivity index (χ3n) is 4.59. The second-order valence-corrected chi connectivity index (χ2v) is 8.87. The molecule has 1 fully saturated rings. The zero-order valence-electron chi connectivity index (χ0n) is 17.2. The van der Waals surface area contributed by atoms with E-state index >= 15 is 0 Å². The Labute approximate surface area is 180 Å². The smallest absolute Gasteiger partial charge is 0.325 e. The van der Waals surface area contributed by atoms with Crippen molar-refractivity contribution in [3.8, 4) is 0 Å². The maximum atomic E-state index is 12.8. The highest BCUT2D eigenvalue weighted by atomic mass is 32.2. The van der Waals surface area contributed by atoms with Gasteiger partial charge in [-0.05, 0) is 63.2 Å². The first kappa shape index (κ1) is 25.6. The maximum absolute atomic E-state index is 12.8. The van der Waals surface area contributed by atoms with E-state index in [1.807, 2.05) is 12.5 Å². The number of hydrogen-bond donors (Lipinski definition) is 5. The van der Waals surface area contributed by atoms with Crippen LogP contribution in [-0.2, 0) is 19.2 Å². The lowest BCUT2D eigenvalue weighted by Gasteiger charge is -2.24. The summed E-state index contributed by atoms with van der Waals surface area (Å²) < 4.78 is 0. The van der Waals surface area contributed by atoms with E-state index in [1.165, 1.54) is 18.7 Å². The molecule has 0 aromatic carbocycles. The molecule has 0 saturated carbocycles. The fourth-order valence-electron chi connectivity index (χ4n) is 2.84. The van der Waals surface area contributed by atoms with Gasteiger partial charge in [0.15, 0.2) is 0 Å². The van der Waals surface area contributed by atoms with Crippen molar-refractivity contribution < 1.29 is 24.3 Å². The van der Waals surface area contributed by atoms with Crippen LogP contribution in [0.1, 0.15) is 32.6 Å². The molecule has 29 heavy (non-hydrogen) atoms. The molecule has 11 heteroatoms. The van der Waals surface area contributed by atoms with Crippen LogP contribution in [0.25, 0.3) is 0 Å². The van der Waals surface area contributed by atoms with Crippen LogP contribution in [-0.4, -0.2) is 83.5 Å². The molecule has 1 aliphatic rings. The fraction of sp³-hybridized carbons (Fsp3) is 0.778. The summed E-state index contributed by atoms with van der Waals surface area (Å²) >= 11 is 3.08. The summed E-state index contributed by atoms with van der Waals surface area (Å²) in [7, 11) is 0. The average molecular weight is 449 g/mol. The molecule has 1 aliphatic heterocycles. The van der Waals surface area contributed by atoms with Crippen molar-refractivity contribution in [3.05, 3.63) is 0 Å². The first-order valence-electron chi connectivity index (χ1n) is 9.65. The van der Waals surface area contributed by atoms with Crippen LogP contribution in [0, 0.1) is 0 Å². The lowest BCUT2D eigenvalue weighted by Crippen LogP contribution is -2.57. The van der Waals surface area contributed by atoms with E-state index in [-0.39, 0.29) is 11.9 Å². The van der Waals surface area contributed by atoms with E-state index < -0.39 is 35.9 Å². The van der Waals surface area contributed by atoms with Gasteiger partial charge in [-0.1, -0.05) is 0 Å². The molecule has 0 aromatic rings. The predicted molar refractivity (Wildman–Crippen MR) is 116 cm³/mol. The molecule has 1 heterocycles. The van der Waals surface area contributed by atoms with Crippen molar-refractivity contribution in [3.63, 3.8) is 0 Å². The number of hydrogen-bond acceptors (Lipinski definition) is 7. The highest BCUT2D eigenvalue weighted by Gasteiger charge is 2.30. The van der Waals surface area contributed by atoms with Crippen LogP contribution in [0.4, 0.5) is 0 Å². The summed E-state index contributed by atoms with van der Waals surface area (Å²) in [5, 5.41) is 20.0. The maximum Gasteiger partial charge on any atom is 0.325 e. The van der Waals surface area contributed by atoms with Crippen LogP contribution >= 0.6 is 23.5 Å². The molecule has 4 unspecified atom stereocenters. The number of rotatable bonds is 13. The van der Waals surface area contributed by atoms with E-state index in [0.717, 1.165) is 19.4 Å². The molecule has 0 radical (unpaired) electrons. The van der Waals surface area contributed by atoms with Gasteiger partial charge in [-0.15, -0.1) is 0 Å². The molecule has 166 valence electrons. The van der Waals surface area contributed by atoms with Gasteiger partial charge in [-0.25, -0.2) is 0 Å². The molecule has 5 N–H and O–H groups in total. The second-order valence-electron chi connectivity index (χ2n) is 6.90. The normalized spacial score (nSPS) is 19.1. The molecule has 1 rings (SSSR count). The molecule has 0 aromatic heterocycles. The largest absolute Gasteiger partial charge is 0.480 e. The Kier molecular flexibility index (Phi) is 12.1. The zero-order valence-corrected chi connectivity index (χ0v) is 18.8. The topological polar surface area (TPSA) is 137 Å². The Balaban J connectivity index is 2.79. The van der Waals surface area contributed by atoms with Crippen molar-refractivity contribution in [2.75, 3.05) is 30.6 Å². The third kappa shape index (κ3) is 9.26. The van der Waals surface area contributed by atoms with Crippen LogP contribution < -0.4 is 21.3 Å². The number of amides is 3. The molecular formula is C18H32N4O5S2. The average Bonchev–Trinajstić information content (AvgIpc) is 3.22. The first-order chi connectivity index (χ1) is 13.8. The Morgan fingerprint density at radius 3 is 2.03 bits per heavy atom. The van der Waals surface area contributed by atoms with Gasteiger partial charge in [0, 0.05) is 0 Å². The van der Waals surface area contributed by atoms with Crippen molar-refractivity contribution >= 4 is 47.2 Å². The minimum Gasteiger partial charge on any atom is -0.480 e. The number of carboxylic acids is 1. The van der Waals surface area contributed by atoms with E-state index in [0.29, 0.717) is 24.3 Å². The zero-order chi connectivity index (χ0) is 21.8. The number of carbonyl (C=O) groups is 4. The summed E-state index contributed by atoms with van der Waals surface area (Å²) in [6.07, 6.45) is 6.24. The number of nitrogens with one attached hydrogen (secondary N) is 4. The van der Waals surface area contributed by atoms with E-state index in [9.17, 15) is 19.2 Å². The van der Waals surface area contributed by atoms with E-state index in [2.05, 4.69) is 21.3 Å². The van der Waals surface area contributed by atoms with Gasteiger partial charge in [0.25, 0.3) is 0 Å². The second kappa shape index (κ2) is 13.7. The monoisotopic (exact) mass is 448 g/mol. The standard InChI is InChI=1S/C18H32N4O5S2/c1-11(18(26)27)20-16(24)13(6-9-28-2)22-17(25)14(7-10-29-3)21-15(23)12-5-4-8-19-12/h11-14,19H,4-10H2,1-3H3,(H,20,24)(H,21,23)(H,22,25)(H,26,27). The Bertz CT molecular complexity index is 572. The van der Waals surface area contributed by atoms with Crippen molar-refractivity contribution in [1.29, 1.82) is 0 Å². The fourth-order valence-corrected chi connectivity index (χ4v) is 3.78. The van der Waals surface area contributed by atoms with Crippen LogP contribution in [0.15, 0.2) is 0 Å². The van der Waals surface area contributed by atoms with Crippen LogP contribution in [0.3, 0.4) is 0 Å². The van der Waals surface area contributed by atoms with Gasteiger partial charge < -0.3 is 26.4 Å². The van der Waals surface area contributed by atoms with Gasteiger partial charge in [0.05, 0.1) is 6.04 Å². The van der Waals surface area contributed by atoms with Crippen LogP contribution in [0.5, 0.6) is 0 Å². The molecule has 3 amide bonds. The van der Waals surface area contributed by atoms with E-state index in [4.69, 9.17) is 5.11 Å². The molecule has 0 bridgehead atoms. The quantitative estimate of drug-likeness (QED) is 0.261. The lowest BCUT2D eigenvalue weighted by atomic mass is 10.1. The highest BCUT2D eigenvalue weighted by molar-refractivity contribution is 7.98. The molecule has 0 aliphatic carbocycles. The molecule has 4 atom stereocenters. The molecule has 9 nitrogen and oxygen atoms in total. The lowest BCUT2D eigenvalue weighted by molar-refractivity contribution is -0.141. The Hall–Kier alpha value is -1.46. The summed E-state index contributed by atoms with van der Waals surface area (Å²) in [5.41, 5.74) is 0. The Morgan fingerprint density at radius 1 is 1.00 bits per heavy atom. The predicted octanol–water partition coefficient (Wildman–Crippen LogP) is -0.196. The number of carboxylic acid groups (broad SMARTS) is 1.